The highest BCUT2D eigenvalue weighted by atomic mass is 16.5. The zero-order valence-corrected chi connectivity index (χ0v) is 14.8. The van der Waals surface area contributed by atoms with Gasteiger partial charge in [-0.3, -0.25) is 9.69 Å². The Morgan fingerprint density at radius 2 is 1.81 bits per heavy atom. The molecule has 3 rings (SSSR count). The van der Waals surface area contributed by atoms with Crippen LogP contribution in [0.25, 0.3) is 0 Å². The Kier molecular flexibility index (Phi) is 6.41. The fourth-order valence-electron chi connectivity index (χ4n) is 2.77. The molecule has 1 saturated heterocycles. The highest BCUT2D eigenvalue weighted by molar-refractivity contribution is 6.04. The molecule has 136 valence electrons. The Bertz CT molecular complexity index is 720. The molecule has 1 aliphatic rings. The fourth-order valence-corrected chi connectivity index (χ4v) is 2.77. The molecule has 0 spiro atoms. The highest BCUT2D eigenvalue weighted by Crippen LogP contribution is 2.17. The molecule has 0 saturated carbocycles. The lowest BCUT2D eigenvalue weighted by Gasteiger charge is -2.26. The average Bonchev–Trinajstić information content (AvgIpc) is 2.69. The minimum absolute atomic E-state index is 0.123. The lowest BCUT2D eigenvalue weighted by atomic mass is 10.1. The van der Waals surface area contributed by atoms with Crippen molar-refractivity contribution >= 4 is 11.6 Å². The quantitative estimate of drug-likeness (QED) is 0.777. The Labute approximate surface area is 154 Å². The van der Waals surface area contributed by atoms with Crippen LogP contribution in [0.15, 0.2) is 61.2 Å². The number of nitrogens with one attached hydrogen (secondary N) is 1. The molecule has 2 aromatic carbocycles. The van der Waals surface area contributed by atoms with E-state index in [1.807, 2.05) is 48.5 Å². The van der Waals surface area contributed by atoms with Crippen LogP contribution in [-0.2, 0) is 11.3 Å². The van der Waals surface area contributed by atoms with E-state index in [0.717, 1.165) is 44.3 Å². The number of carbonyl (C=O) groups is 1. The standard InChI is InChI=1S/C21H24N2O3/c1-2-13-26-20-9-7-19(8-10-20)22-21(24)18-5-3-17(4-6-18)16-23-11-14-25-15-12-23/h2-10H,1,11-16H2,(H,22,24). The first-order valence-corrected chi connectivity index (χ1v) is 8.79. The average molecular weight is 352 g/mol. The molecule has 0 unspecified atom stereocenters. The van der Waals surface area contributed by atoms with Gasteiger partial charge in [0.05, 0.1) is 13.2 Å². The third-order valence-electron chi connectivity index (χ3n) is 4.21. The first-order chi connectivity index (χ1) is 12.7. The number of ether oxygens (including phenoxy) is 2. The molecule has 0 bridgehead atoms. The number of amides is 1. The molecule has 0 aromatic heterocycles. The SMILES string of the molecule is C=CCOc1ccc(NC(=O)c2ccc(CN3CCOCC3)cc2)cc1. The summed E-state index contributed by atoms with van der Waals surface area (Å²) in [5.41, 5.74) is 2.58. The summed E-state index contributed by atoms with van der Waals surface area (Å²) >= 11 is 0. The smallest absolute Gasteiger partial charge is 0.255 e. The zero-order chi connectivity index (χ0) is 18.2. The summed E-state index contributed by atoms with van der Waals surface area (Å²) in [7, 11) is 0. The van der Waals surface area contributed by atoms with Gasteiger partial charge < -0.3 is 14.8 Å². The Morgan fingerprint density at radius 1 is 1.12 bits per heavy atom. The first kappa shape index (κ1) is 18.2. The van der Waals surface area contributed by atoms with Gasteiger partial charge in [0.1, 0.15) is 12.4 Å². The maximum Gasteiger partial charge on any atom is 0.255 e. The van der Waals surface area contributed by atoms with Crippen molar-refractivity contribution in [1.82, 2.24) is 4.90 Å². The van der Waals surface area contributed by atoms with Crippen molar-refractivity contribution in [2.24, 2.45) is 0 Å². The zero-order valence-electron chi connectivity index (χ0n) is 14.8. The van der Waals surface area contributed by atoms with E-state index in [2.05, 4.69) is 16.8 Å². The number of rotatable bonds is 7. The summed E-state index contributed by atoms with van der Waals surface area (Å²) in [6.07, 6.45) is 1.69. The normalized spacial score (nSPS) is 14.6. The van der Waals surface area contributed by atoms with Crippen LogP contribution in [0.3, 0.4) is 0 Å². The number of nitrogens with zero attached hydrogens (tertiary/aromatic N) is 1. The highest BCUT2D eigenvalue weighted by Gasteiger charge is 2.11. The molecule has 0 atom stereocenters. The molecule has 5 heteroatoms. The van der Waals surface area contributed by atoms with Gasteiger partial charge in [0.25, 0.3) is 5.91 Å². The molecular weight excluding hydrogens is 328 g/mol. The van der Waals surface area contributed by atoms with Crippen molar-refractivity contribution in [1.29, 1.82) is 0 Å². The summed E-state index contributed by atoms with van der Waals surface area (Å²) in [5, 5.41) is 2.90. The van der Waals surface area contributed by atoms with Gasteiger partial charge in [-0.1, -0.05) is 24.8 Å². The van der Waals surface area contributed by atoms with Gasteiger partial charge in [0.15, 0.2) is 0 Å². The number of hydrogen-bond donors (Lipinski definition) is 1. The van der Waals surface area contributed by atoms with E-state index < -0.39 is 0 Å². The van der Waals surface area contributed by atoms with Gasteiger partial charge >= 0.3 is 0 Å². The third-order valence-corrected chi connectivity index (χ3v) is 4.21. The van der Waals surface area contributed by atoms with Crippen molar-refractivity contribution in [3.63, 3.8) is 0 Å². The minimum Gasteiger partial charge on any atom is -0.490 e. The predicted molar refractivity (Wildman–Crippen MR) is 103 cm³/mol. The van der Waals surface area contributed by atoms with Crippen LogP contribution >= 0.6 is 0 Å². The van der Waals surface area contributed by atoms with Gasteiger partial charge in [-0.15, -0.1) is 0 Å². The van der Waals surface area contributed by atoms with Crippen LogP contribution in [0.5, 0.6) is 5.75 Å². The maximum atomic E-state index is 12.4. The van der Waals surface area contributed by atoms with E-state index in [-0.39, 0.29) is 5.91 Å². The number of anilines is 1. The number of carbonyl (C=O) groups excluding carboxylic acids is 1. The van der Waals surface area contributed by atoms with Crippen molar-refractivity contribution in [3.05, 3.63) is 72.3 Å². The third kappa shape index (κ3) is 5.18. The Hall–Kier alpha value is -2.63. The van der Waals surface area contributed by atoms with E-state index in [1.54, 1.807) is 6.08 Å². The van der Waals surface area contributed by atoms with Crippen molar-refractivity contribution in [2.45, 2.75) is 6.54 Å². The summed E-state index contributed by atoms with van der Waals surface area (Å²) < 4.78 is 10.8. The van der Waals surface area contributed by atoms with E-state index in [9.17, 15) is 4.79 Å². The summed E-state index contributed by atoms with van der Waals surface area (Å²) in [6.45, 7) is 8.45. The molecule has 0 radical (unpaired) electrons. The minimum atomic E-state index is -0.123. The van der Waals surface area contributed by atoms with Crippen molar-refractivity contribution < 1.29 is 14.3 Å². The largest absolute Gasteiger partial charge is 0.490 e. The molecular formula is C21H24N2O3. The second-order valence-electron chi connectivity index (χ2n) is 6.16. The van der Waals surface area contributed by atoms with Crippen LogP contribution in [0.4, 0.5) is 5.69 Å². The molecule has 1 amide bonds. The van der Waals surface area contributed by atoms with E-state index in [0.29, 0.717) is 12.2 Å². The Balaban J connectivity index is 1.54. The second kappa shape index (κ2) is 9.17. The van der Waals surface area contributed by atoms with Crippen molar-refractivity contribution in [3.8, 4) is 5.75 Å². The number of morpholine rings is 1. The monoisotopic (exact) mass is 352 g/mol. The molecule has 2 aromatic rings. The molecule has 1 fully saturated rings. The number of hydrogen-bond acceptors (Lipinski definition) is 4. The van der Waals surface area contributed by atoms with Gasteiger partial charge in [-0.25, -0.2) is 0 Å². The lowest BCUT2D eigenvalue weighted by molar-refractivity contribution is 0.0342. The molecule has 1 N–H and O–H groups in total. The van der Waals surface area contributed by atoms with E-state index in [1.165, 1.54) is 5.56 Å². The van der Waals surface area contributed by atoms with Crippen LogP contribution in [-0.4, -0.2) is 43.7 Å². The van der Waals surface area contributed by atoms with Gasteiger partial charge in [0, 0.05) is 30.9 Å². The number of benzene rings is 2. The maximum absolute atomic E-state index is 12.4. The van der Waals surface area contributed by atoms with Crippen LogP contribution in [0, 0.1) is 0 Å². The summed E-state index contributed by atoms with van der Waals surface area (Å²) in [4.78, 5) is 14.7. The molecule has 5 nitrogen and oxygen atoms in total. The fraction of sp³-hybridized carbons (Fsp3) is 0.286. The molecule has 0 aliphatic carbocycles. The van der Waals surface area contributed by atoms with E-state index in [4.69, 9.17) is 9.47 Å². The van der Waals surface area contributed by atoms with Crippen LogP contribution in [0.1, 0.15) is 15.9 Å². The molecule has 26 heavy (non-hydrogen) atoms. The topological polar surface area (TPSA) is 50.8 Å². The van der Waals surface area contributed by atoms with Crippen LogP contribution in [0.2, 0.25) is 0 Å². The summed E-state index contributed by atoms with van der Waals surface area (Å²) in [5.74, 6) is 0.623. The van der Waals surface area contributed by atoms with Gasteiger partial charge in [-0.2, -0.15) is 0 Å². The first-order valence-electron chi connectivity index (χ1n) is 8.79. The van der Waals surface area contributed by atoms with Crippen LogP contribution < -0.4 is 10.1 Å². The van der Waals surface area contributed by atoms with E-state index >= 15 is 0 Å². The van der Waals surface area contributed by atoms with Gasteiger partial charge in [-0.05, 0) is 42.0 Å². The van der Waals surface area contributed by atoms with Crippen molar-refractivity contribution in [2.75, 3.05) is 38.2 Å². The lowest BCUT2D eigenvalue weighted by Crippen LogP contribution is -2.35. The Morgan fingerprint density at radius 3 is 2.46 bits per heavy atom. The summed E-state index contributed by atoms with van der Waals surface area (Å²) in [6, 6.07) is 15.0. The molecule has 1 aliphatic heterocycles. The second-order valence-corrected chi connectivity index (χ2v) is 6.16. The molecule has 1 heterocycles. The van der Waals surface area contributed by atoms with Gasteiger partial charge in [0.2, 0.25) is 0 Å². The predicted octanol–water partition coefficient (Wildman–Crippen LogP) is 3.34.